The van der Waals surface area contributed by atoms with Crippen molar-refractivity contribution in [2.45, 2.75) is 11.4 Å². The molecule has 0 aliphatic heterocycles. The standard InChI is InChI=1S/C22H23N5O2S/c1-27(2)13-14-5-4-6-15(9-14)16-10-18(21(23)24-12-16)22-25-19-8-7-17(30(3,28)29)11-20(19)26-22/h4-12H,13H2,1-3H3,(H2,23,24)(H,25,26). The van der Waals surface area contributed by atoms with Gasteiger partial charge in [-0.2, -0.15) is 0 Å². The Morgan fingerprint density at radius 2 is 1.87 bits per heavy atom. The number of nitrogens with two attached hydrogens (primary N) is 1. The van der Waals surface area contributed by atoms with Crippen molar-refractivity contribution in [1.82, 2.24) is 19.9 Å². The number of aromatic nitrogens is 3. The van der Waals surface area contributed by atoms with Crippen LogP contribution in [0.5, 0.6) is 0 Å². The van der Waals surface area contributed by atoms with E-state index >= 15 is 0 Å². The summed E-state index contributed by atoms with van der Waals surface area (Å²) in [5.41, 5.74) is 11.3. The molecule has 8 heteroatoms. The van der Waals surface area contributed by atoms with Gasteiger partial charge in [0.2, 0.25) is 0 Å². The summed E-state index contributed by atoms with van der Waals surface area (Å²) in [5.74, 6) is 0.900. The van der Waals surface area contributed by atoms with Crippen molar-refractivity contribution in [3.8, 4) is 22.5 Å². The molecule has 0 radical (unpaired) electrons. The molecule has 0 fully saturated rings. The largest absolute Gasteiger partial charge is 0.383 e. The number of hydrogen-bond acceptors (Lipinski definition) is 6. The number of fused-ring (bicyclic) bond motifs is 1. The molecule has 30 heavy (non-hydrogen) atoms. The van der Waals surface area contributed by atoms with Gasteiger partial charge in [0.05, 0.1) is 21.5 Å². The maximum atomic E-state index is 11.8. The van der Waals surface area contributed by atoms with E-state index in [9.17, 15) is 8.42 Å². The second-order valence-corrected chi connectivity index (χ2v) is 9.65. The Morgan fingerprint density at radius 3 is 2.60 bits per heavy atom. The third-order valence-corrected chi connectivity index (χ3v) is 5.92. The molecule has 2 aromatic heterocycles. The van der Waals surface area contributed by atoms with E-state index in [4.69, 9.17) is 5.73 Å². The number of hydrogen-bond donors (Lipinski definition) is 2. The van der Waals surface area contributed by atoms with Crippen LogP contribution in [-0.2, 0) is 16.4 Å². The Hall–Kier alpha value is -3.23. The zero-order valence-corrected chi connectivity index (χ0v) is 17.9. The summed E-state index contributed by atoms with van der Waals surface area (Å²) in [6.45, 7) is 0.843. The number of benzene rings is 2. The molecule has 0 saturated heterocycles. The predicted molar refractivity (Wildman–Crippen MR) is 120 cm³/mol. The number of anilines is 1. The fourth-order valence-corrected chi connectivity index (χ4v) is 4.03. The Bertz CT molecular complexity index is 1340. The van der Waals surface area contributed by atoms with Crippen molar-refractivity contribution in [3.05, 3.63) is 60.3 Å². The van der Waals surface area contributed by atoms with Crippen LogP contribution in [-0.4, -0.2) is 48.6 Å². The van der Waals surface area contributed by atoms with Gasteiger partial charge in [-0.05, 0) is 55.6 Å². The topological polar surface area (TPSA) is 105 Å². The SMILES string of the molecule is CN(C)Cc1cccc(-c2cnc(N)c(-c3nc4ccc(S(C)(=O)=O)cc4[nH]3)c2)c1. The van der Waals surface area contributed by atoms with Gasteiger partial charge < -0.3 is 15.6 Å². The normalized spacial score (nSPS) is 12.0. The average Bonchev–Trinajstić information content (AvgIpc) is 3.10. The van der Waals surface area contributed by atoms with Gasteiger partial charge >= 0.3 is 0 Å². The van der Waals surface area contributed by atoms with Crippen LogP contribution in [0.2, 0.25) is 0 Å². The van der Waals surface area contributed by atoms with E-state index in [2.05, 4.69) is 32.0 Å². The fraction of sp³-hybridized carbons (Fsp3) is 0.182. The van der Waals surface area contributed by atoms with Crippen molar-refractivity contribution in [1.29, 1.82) is 0 Å². The van der Waals surface area contributed by atoms with Gasteiger partial charge in [-0.3, -0.25) is 0 Å². The monoisotopic (exact) mass is 421 g/mol. The van der Waals surface area contributed by atoms with Gasteiger partial charge in [0.15, 0.2) is 9.84 Å². The molecular weight excluding hydrogens is 398 g/mol. The van der Waals surface area contributed by atoms with E-state index in [1.165, 1.54) is 11.8 Å². The number of aromatic amines is 1. The molecule has 0 bridgehead atoms. The smallest absolute Gasteiger partial charge is 0.175 e. The first-order valence-electron chi connectivity index (χ1n) is 9.40. The highest BCUT2D eigenvalue weighted by Gasteiger charge is 2.14. The molecule has 154 valence electrons. The van der Waals surface area contributed by atoms with Gasteiger partial charge in [0.1, 0.15) is 11.6 Å². The number of rotatable bonds is 5. The number of sulfone groups is 1. The number of nitrogens with one attached hydrogen (secondary N) is 1. The van der Waals surface area contributed by atoms with Crippen LogP contribution in [0.4, 0.5) is 5.82 Å². The lowest BCUT2D eigenvalue weighted by molar-refractivity contribution is 0.402. The summed E-state index contributed by atoms with van der Waals surface area (Å²) >= 11 is 0. The van der Waals surface area contributed by atoms with E-state index in [1.807, 2.05) is 32.3 Å². The van der Waals surface area contributed by atoms with Gasteiger partial charge in [-0.15, -0.1) is 0 Å². The van der Waals surface area contributed by atoms with Gasteiger partial charge in [0.25, 0.3) is 0 Å². The predicted octanol–water partition coefficient (Wildman–Crippen LogP) is 3.34. The Labute approximate surface area is 175 Å². The van der Waals surface area contributed by atoms with Crippen LogP contribution in [0.1, 0.15) is 5.56 Å². The molecule has 0 aliphatic carbocycles. The van der Waals surface area contributed by atoms with Gasteiger partial charge in [-0.25, -0.2) is 18.4 Å². The molecule has 0 saturated carbocycles. The lowest BCUT2D eigenvalue weighted by Gasteiger charge is -2.11. The van der Waals surface area contributed by atoms with Crippen LogP contribution in [0.15, 0.2) is 59.6 Å². The fourth-order valence-electron chi connectivity index (χ4n) is 3.38. The van der Waals surface area contributed by atoms with E-state index < -0.39 is 9.84 Å². The van der Waals surface area contributed by atoms with E-state index in [1.54, 1.807) is 24.4 Å². The Kier molecular flexibility index (Phi) is 5.05. The highest BCUT2D eigenvalue weighted by molar-refractivity contribution is 7.90. The van der Waals surface area contributed by atoms with Crippen molar-refractivity contribution in [3.63, 3.8) is 0 Å². The number of nitrogen functional groups attached to an aromatic ring is 1. The molecule has 2 aromatic carbocycles. The molecule has 4 aromatic rings. The first-order chi connectivity index (χ1) is 14.2. The third kappa shape index (κ3) is 4.05. The number of H-pyrrole nitrogens is 1. The molecule has 7 nitrogen and oxygen atoms in total. The molecule has 0 aliphatic rings. The average molecular weight is 422 g/mol. The summed E-state index contributed by atoms with van der Waals surface area (Å²) in [6, 6.07) is 15.1. The summed E-state index contributed by atoms with van der Waals surface area (Å²) in [7, 11) is 0.766. The minimum Gasteiger partial charge on any atom is -0.383 e. The van der Waals surface area contributed by atoms with Crippen LogP contribution in [0.25, 0.3) is 33.5 Å². The van der Waals surface area contributed by atoms with E-state index in [0.717, 1.165) is 17.7 Å². The lowest BCUT2D eigenvalue weighted by atomic mass is 10.0. The Morgan fingerprint density at radius 1 is 1.07 bits per heavy atom. The van der Waals surface area contributed by atoms with Crippen LogP contribution < -0.4 is 5.73 Å². The zero-order chi connectivity index (χ0) is 21.5. The molecule has 0 spiro atoms. The maximum absolute atomic E-state index is 11.8. The van der Waals surface area contributed by atoms with E-state index in [-0.39, 0.29) is 4.90 Å². The summed E-state index contributed by atoms with van der Waals surface area (Å²) in [6.07, 6.45) is 2.93. The van der Waals surface area contributed by atoms with Crippen molar-refractivity contribution < 1.29 is 8.42 Å². The van der Waals surface area contributed by atoms with Crippen molar-refractivity contribution in [2.24, 2.45) is 0 Å². The Balaban J connectivity index is 1.77. The van der Waals surface area contributed by atoms with E-state index in [0.29, 0.717) is 28.2 Å². The van der Waals surface area contributed by atoms with Crippen molar-refractivity contribution >= 4 is 26.7 Å². The molecule has 3 N–H and O–H groups in total. The molecule has 0 amide bonds. The van der Waals surface area contributed by atoms with Gasteiger partial charge in [-0.1, -0.05) is 18.2 Å². The van der Waals surface area contributed by atoms with Crippen LogP contribution in [0.3, 0.4) is 0 Å². The highest BCUT2D eigenvalue weighted by Crippen LogP contribution is 2.30. The molecule has 2 heterocycles. The maximum Gasteiger partial charge on any atom is 0.175 e. The quantitative estimate of drug-likeness (QED) is 0.512. The van der Waals surface area contributed by atoms with Gasteiger partial charge in [0, 0.05) is 24.6 Å². The number of imidazole rings is 1. The number of pyridine rings is 1. The first kappa shape index (κ1) is 20.1. The second-order valence-electron chi connectivity index (χ2n) is 7.63. The van der Waals surface area contributed by atoms with Crippen molar-refractivity contribution in [2.75, 3.05) is 26.1 Å². The summed E-state index contributed by atoms with van der Waals surface area (Å²) in [5, 5.41) is 0. The molecule has 4 rings (SSSR count). The minimum atomic E-state index is -3.30. The third-order valence-electron chi connectivity index (χ3n) is 4.81. The number of nitrogens with zero attached hydrogens (tertiary/aromatic N) is 3. The zero-order valence-electron chi connectivity index (χ0n) is 17.0. The minimum absolute atomic E-state index is 0.239. The van der Waals surface area contributed by atoms with Crippen LogP contribution >= 0.6 is 0 Å². The molecular formula is C22H23N5O2S. The molecule has 0 unspecified atom stereocenters. The lowest BCUT2D eigenvalue weighted by Crippen LogP contribution is -2.10. The first-order valence-corrected chi connectivity index (χ1v) is 11.3. The summed E-state index contributed by atoms with van der Waals surface area (Å²) < 4.78 is 23.7. The molecule has 0 atom stereocenters. The summed E-state index contributed by atoms with van der Waals surface area (Å²) in [4.78, 5) is 14.5. The van der Waals surface area contributed by atoms with Crippen LogP contribution in [0, 0.1) is 0 Å². The second kappa shape index (κ2) is 7.55. The highest BCUT2D eigenvalue weighted by atomic mass is 32.2.